The molecular formula is C11H12F3N. The highest BCUT2D eigenvalue weighted by Gasteiger charge is 2.30. The van der Waals surface area contributed by atoms with E-state index in [-0.39, 0.29) is 0 Å². The van der Waals surface area contributed by atoms with Crippen LogP contribution in [0.5, 0.6) is 0 Å². The molecular weight excluding hydrogens is 203 g/mol. The molecule has 0 saturated carbocycles. The van der Waals surface area contributed by atoms with Gasteiger partial charge in [-0.15, -0.1) is 0 Å². The molecule has 0 atom stereocenters. The van der Waals surface area contributed by atoms with Gasteiger partial charge in [0, 0.05) is 12.3 Å². The van der Waals surface area contributed by atoms with Crippen molar-refractivity contribution >= 4 is 5.71 Å². The summed E-state index contributed by atoms with van der Waals surface area (Å²) in [6.07, 6.45) is -4.29. The lowest BCUT2D eigenvalue weighted by molar-refractivity contribution is -0.137. The van der Waals surface area contributed by atoms with E-state index < -0.39 is 11.7 Å². The molecule has 0 radical (unpaired) electrons. The molecule has 0 aromatic heterocycles. The van der Waals surface area contributed by atoms with E-state index in [1.165, 1.54) is 6.07 Å². The van der Waals surface area contributed by atoms with Crippen molar-refractivity contribution in [2.24, 2.45) is 4.99 Å². The SMILES string of the molecule is CCN=C(C)c1cccc(C(F)(F)F)c1. The lowest BCUT2D eigenvalue weighted by Gasteiger charge is -2.08. The fourth-order valence-electron chi connectivity index (χ4n) is 1.25. The van der Waals surface area contributed by atoms with E-state index in [4.69, 9.17) is 0 Å². The Morgan fingerprint density at radius 2 is 2.00 bits per heavy atom. The van der Waals surface area contributed by atoms with Crippen LogP contribution in [-0.2, 0) is 6.18 Å². The van der Waals surface area contributed by atoms with Crippen molar-refractivity contribution in [3.63, 3.8) is 0 Å². The average Bonchev–Trinajstić information content (AvgIpc) is 2.17. The fourth-order valence-corrected chi connectivity index (χ4v) is 1.25. The standard InChI is InChI=1S/C11H12F3N/c1-3-15-8(2)9-5-4-6-10(7-9)11(12,13)14/h4-7H,3H2,1-2H3. The van der Waals surface area contributed by atoms with Crippen molar-refractivity contribution < 1.29 is 13.2 Å². The zero-order valence-electron chi connectivity index (χ0n) is 8.60. The third-order valence-electron chi connectivity index (χ3n) is 2.00. The van der Waals surface area contributed by atoms with Crippen LogP contribution in [0.25, 0.3) is 0 Å². The summed E-state index contributed by atoms with van der Waals surface area (Å²) in [5.41, 5.74) is 0.515. The van der Waals surface area contributed by atoms with Crippen molar-refractivity contribution in [1.29, 1.82) is 0 Å². The van der Waals surface area contributed by atoms with Gasteiger partial charge in [0.15, 0.2) is 0 Å². The molecule has 82 valence electrons. The molecule has 0 heterocycles. The summed E-state index contributed by atoms with van der Waals surface area (Å²) in [5.74, 6) is 0. The number of nitrogens with zero attached hydrogens (tertiary/aromatic N) is 1. The summed E-state index contributed by atoms with van der Waals surface area (Å²) in [5, 5.41) is 0. The molecule has 0 saturated heterocycles. The molecule has 0 N–H and O–H groups in total. The molecule has 1 aromatic rings. The zero-order chi connectivity index (χ0) is 11.5. The summed E-state index contributed by atoms with van der Waals surface area (Å²) >= 11 is 0. The molecule has 0 aliphatic heterocycles. The molecule has 15 heavy (non-hydrogen) atoms. The molecule has 1 aromatic carbocycles. The Morgan fingerprint density at radius 1 is 1.33 bits per heavy atom. The Hall–Kier alpha value is -1.32. The van der Waals surface area contributed by atoms with E-state index in [0.717, 1.165) is 12.1 Å². The molecule has 4 heteroatoms. The Balaban J connectivity index is 3.08. The monoisotopic (exact) mass is 215 g/mol. The molecule has 1 nitrogen and oxygen atoms in total. The molecule has 0 aliphatic rings. The van der Waals surface area contributed by atoms with Crippen molar-refractivity contribution in [3.05, 3.63) is 35.4 Å². The predicted molar refractivity (Wildman–Crippen MR) is 54.2 cm³/mol. The average molecular weight is 215 g/mol. The van der Waals surface area contributed by atoms with Crippen LogP contribution in [-0.4, -0.2) is 12.3 Å². The topological polar surface area (TPSA) is 12.4 Å². The maximum absolute atomic E-state index is 12.4. The van der Waals surface area contributed by atoms with Crippen LogP contribution < -0.4 is 0 Å². The van der Waals surface area contributed by atoms with Gasteiger partial charge in [-0.25, -0.2) is 0 Å². The zero-order valence-corrected chi connectivity index (χ0v) is 8.60. The summed E-state index contributed by atoms with van der Waals surface area (Å²) in [6.45, 7) is 4.12. The Morgan fingerprint density at radius 3 is 2.53 bits per heavy atom. The van der Waals surface area contributed by atoms with E-state index in [2.05, 4.69) is 4.99 Å². The summed E-state index contributed by atoms with van der Waals surface area (Å²) in [6, 6.07) is 5.20. The minimum Gasteiger partial charge on any atom is -0.290 e. The molecule has 0 bridgehead atoms. The number of aliphatic imine (C=N–C) groups is 1. The molecule has 0 fully saturated rings. The Kier molecular flexibility index (Phi) is 3.50. The first-order valence-corrected chi connectivity index (χ1v) is 4.64. The number of halogens is 3. The number of hydrogen-bond donors (Lipinski definition) is 0. The van der Waals surface area contributed by atoms with E-state index in [9.17, 15) is 13.2 Å². The van der Waals surface area contributed by atoms with E-state index in [1.54, 1.807) is 13.0 Å². The van der Waals surface area contributed by atoms with Crippen molar-refractivity contribution in [3.8, 4) is 0 Å². The maximum atomic E-state index is 12.4. The normalized spacial score (nSPS) is 13.0. The van der Waals surface area contributed by atoms with Gasteiger partial charge in [-0.2, -0.15) is 13.2 Å². The first kappa shape index (κ1) is 11.8. The minimum atomic E-state index is -4.29. The van der Waals surface area contributed by atoms with Gasteiger partial charge in [-0.1, -0.05) is 12.1 Å². The maximum Gasteiger partial charge on any atom is 0.416 e. The lowest BCUT2D eigenvalue weighted by atomic mass is 10.1. The van der Waals surface area contributed by atoms with E-state index in [1.807, 2.05) is 6.92 Å². The number of rotatable bonds is 2. The van der Waals surface area contributed by atoms with Gasteiger partial charge in [-0.05, 0) is 31.5 Å². The first-order valence-electron chi connectivity index (χ1n) is 4.64. The lowest BCUT2D eigenvalue weighted by Crippen LogP contribution is -2.06. The van der Waals surface area contributed by atoms with Gasteiger partial charge in [0.1, 0.15) is 0 Å². The summed E-state index contributed by atoms with van der Waals surface area (Å²) < 4.78 is 37.1. The summed E-state index contributed by atoms with van der Waals surface area (Å²) in [4.78, 5) is 4.07. The quantitative estimate of drug-likeness (QED) is 0.669. The van der Waals surface area contributed by atoms with Crippen LogP contribution in [0.2, 0.25) is 0 Å². The van der Waals surface area contributed by atoms with Gasteiger partial charge < -0.3 is 0 Å². The highest BCUT2D eigenvalue weighted by atomic mass is 19.4. The molecule has 0 amide bonds. The molecule has 0 unspecified atom stereocenters. The smallest absolute Gasteiger partial charge is 0.290 e. The molecule has 0 spiro atoms. The fraction of sp³-hybridized carbons (Fsp3) is 0.364. The third-order valence-corrected chi connectivity index (χ3v) is 2.00. The van der Waals surface area contributed by atoms with Gasteiger partial charge in [0.25, 0.3) is 0 Å². The second kappa shape index (κ2) is 4.47. The number of benzene rings is 1. The van der Waals surface area contributed by atoms with Crippen molar-refractivity contribution in [1.82, 2.24) is 0 Å². The first-order chi connectivity index (χ1) is 6.95. The highest BCUT2D eigenvalue weighted by Crippen LogP contribution is 2.29. The predicted octanol–water partition coefficient (Wildman–Crippen LogP) is 3.53. The number of alkyl halides is 3. The second-order valence-corrected chi connectivity index (χ2v) is 3.14. The van der Waals surface area contributed by atoms with Crippen LogP contribution in [0.3, 0.4) is 0 Å². The van der Waals surface area contributed by atoms with Crippen molar-refractivity contribution in [2.75, 3.05) is 6.54 Å². The van der Waals surface area contributed by atoms with E-state index in [0.29, 0.717) is 17.8 Å². The van der Waals surface area contributed by atoms with Crippen molar-refractivity contribution in [2.45, 2.75) is 20.0 Å². The van der Waals surface area contributed by atoms with Crippen LogP contribution >= 0.6 is 0 Å². The Bertz CT molecular complexity index is 366. The van der Waals surface area contributed by atoms with Crippen LogP contribution in [0, 0.1) is 0 Å². The summed E-state index contributed by atoms with van der Waals surface area (Å²) in [7, 11) is 0. The third kappa shape index (κ3) is 3.08. The van der Waals surface area contributed by atoms with Gasteiger partial charge in [-0.3, -0.25) is 4.99 Å². The van der Waals surface area contributed by atoms with E-state index >= 15 is 0 Å². The van der Waals surface area contributed by atoms with Gasteiger partial charge >= 0.3 is 6.18 Å². The van der Waals surface area contributed by atoms with Gasteiger partial charge in [0.2, 0.25) is 0 Å². The number of hydrogen-bond acceptors (Lipinski definition) is 1. The van der Waals surface area contributed by atoms with Crippen LogP contribution in [0.1, 0.15) is 25.0 Å². The highest BCUT2D eigenvalue weighted by molar-refractivity contribution is 5.98. The second-order valence-electron chi connectivity index (χ2n) is 3.14. The van der Waals surface area contributed by atoms with Gasteiger partial charge in [0.05, 0.1) is 5.56 Å². The Labute approximate surface area is 86.6 Å². The largest absolute Gasteiger partial charge is 0.416 e. The minimum absolute atomic E-state index is 0.520. The molecule has 0 aliphatic carbocycles. The van der Waals surface area contributed by atoms with Crippen LogP contribution in [0.4, 0.5) is 13.2 Å². The van der Waals surface area contributed by atoms with Crippen LogP contribution in [0.15, 0.2) is 29.3 Å². The molecule has 1 rings (SSSR count).